The van der Waals surface area contributed by atoms with E-state index in [-0.39, 0.29) is 11.8 Å². The number of ether oxygens (including phenoxy) is 2. The van der Waals surface area contributed by atoms with Crippen molar-refractivity contribution in [3.8, 4) is 0 Å². The average Bonchev–Trinajstić information content (AvgIpc) is 2.52. The quantitative estimate of drug-likeness (QED) is 0.446. The summed E-state index contributed by atoms with van der Waals surface area (Å²) in [6, 6.07) is 0. The first-order chi connectivity index (χ1) is 11.4. The summed E-state index contributed by atoms with van der Waals surface area (Å²) < 4.78 is 10.8. The Balaban J connectivity index is 3.25. The maximum absolute atomic E-state index is 11.5. The van der Waals surface area contributed by atoms with Crippen molar-refractivity contribution in [3.05, 3.63) is 0 Å². The highest BCUT2D eigenvalue weighted by molar-refractivity contribution is 5.76. The second kappa shape index (κ2) is 15.4. The molecule has 0 aromatic carbocycles. The van der Waals surface area contributed by atoms with E-state index in [9.17, 15) is 9.59 Å². The number of hydrogen-bond acceptors (Lipinski definition) is 4. The second-order valence-electron chi connectivity index (χ2n) is 6.79. The van der Waals surface area contributed by atoms with Crippen molar-refractivity contribution in [2.24, 2.45) is 11.8 Å². The number of carbonyl (C=O) groups excluding carboxylic acids is 2. The molecule has 0 aromatic rings. The summed E-state index contributed by atoms with van der Waals surface area (Å²) >= 11 is 0. The van der Waals surface area contributed by atoms with Gasteiger partial charge in [0.25, 0.3) is 0 Å². The Morgan fingerprint density at radius 2 is 1.08 bits per heavy atom. The fourth-order valence-electron chi connectivity index (χ4n) is 1.86. The minimum atomic E-state index is 0.0803. The topological polar surface area (TPSA) is 76.7 Å². The van der Waals surface area contributed by atoms with Gasteiger partial charge in [-0.05, 0) is 24.7 Å². The molecule has 0 bridgehead atoms. The number of nitrogens with one attached hydrogen (secondary N) is 2. The third-order valence-electron chi connectivity index (χ3n) is 3.41. The smallest absolute Gasteiger partial charge is 0.220 e. The Hall–Kier alpha value is -1.14. The van der Waals surface area contributed by atoms with Gasteiger partial charge in [0.2, 0.25) is 11.8 Å². The van der Waals surface area contributed by atoms with E-state index >= 15 is 0 Å². The van der Waals surface area contributed by atoms with Gasteiger partial charge in [-0.1, -0.05) is 27.7 Å². The molecule has 0 heterocycles. The van der Waals surface area contributed by atoms with Gasteiger partial charge < -0.3 is 20.1 Å². The van der Waals surface area contributed by atoms with Crippen LogP contribution in [0, 0.1) is 11.8 Å². The molecular formula is C18H36N2O4. The van der Waals surface area contributed by atoms with Crippen molar-refractivity contribution < 1.29 is 19.1 Å². The maximum atomic E-state index is 11.5. The summed E-state index contributed by atoms with van der Waals surface area (Å²) in [7, 11) is 0. The summed E-state index contributed by atoms with van der Waals surface area (Å²) in [6.07, 6.45) is 2.97. The highest BCUT2D eigenvalue weighted by Crippen LogP contribution is 2.03. The molecule has 0 aromatic heterocycles. The van der Waals surface area contributed by atoms with Crippen molar-refractivity contribution in [1.82, 2.24) is 10.6 Å². The van der Waals surface area contributed by atoms with Crippen LogP contribution in [0.3, 0.4) is 0 Å². The lowest BCUT2D eigenvalue weighted by Crippen LogP contribution is -2.28. The molecule has 0 atom stereocenters. The van der Waals surface area contributed by atoms with Gasteiger partial charge in [0.1, 0.15) is 0 Å². The lowest BCUT2D eigenvalue weighted by Gasteiger charge is -2.09. The molecule has 0 aliphatic rings. The molecule has 0 saturated heterocycles. The number of hydrogen-bond donors (Lipinski definition) is 2. The fourth-order valence-corrected chi connectivity index (χ4v) is 1.86. The molecule has 24 heavy (non-hydrogen) atoms. The lowest BCUT2D eigenvalue weighted by molar-refractivity contribution is -0.122. The Kier molecular flexibility index (Phi) is 14.7. The average molecular weight is 344 g/mol. The van der Waals surface area contributed by atoms with Crippen molar-refractivity contribution in [2.75, 3.05) is 39.5 Å². The third-order valence-corrected chi connectivity index (χ3v) is 3.41. The SMILES string of the molecule is CC(C)CCC(=O)NCCOCCOCCNC(=O)CCC(C)C. The number of rotatable bonds is 15. The highest BCUT2D eigenvalue weighted by atomic mass is 16.5. The van der Waals surface area contributed by atoms with Crippen molar-refractivity contribution in [2.45, 2.75) is 53.4 Å². The molecular weight excluding hydrogens is 308 g/mol. The minimum Gasteiger partial charge on any atom is -0.377 e. The predicted octanol–water partition coefficient (Wildman–Crippen LogP) is 2.12. The Morgan fingerprint density at radius 1 is 0.708 bits per heavy atom. The largest absolute Gasteiger partial charge is 0.377 e. The van der Waals surface area contributed by atoms with Crippen LogP contribution in [-0.4, -0.2) is 51.3 Å². The van der Waals surface area contributed by atoms with E-state index < -0.39 is 0 Å². The molecule has 0 saturated carbocycles. The van der Waals surface area contributed by atoms with Gasteiger partial charge in [-0.25, -0.2) is 0 Å². The van der Waals surface area contributed by atoms with Crippen molar-refractivity contribution >= 4 is 11.8 Å². The van der Waals surface area contributed by atoms with Gasteiger partial charge in [0.05, 0.1) is 26.4 Å². The number of amides is 2. The molecule has 0 aliphatic heterocycles. The van der Waals surface area contributed by atoms with Crippen molar-refractivity contribution in [3.63, 3.8) is 0 Å². The summed E-state index contributed by atoms with van der Waals surface area (Å²) in [5.74, 6) is 1.25. The highest BCUT2D eigenvalue weighted by Gasteiger charge is 2.03. The van der Waals surface area contributed by atoms with E-state index in [4.69, 9.17) is 9.47 Å². The molecule has 0 unspecified atom stereocenters. The van der Waals surface area contributed by atoms with Crippen LogP contribution < -0.4 is 10.6 Å². The second-order valence-corrected chi connectivity index (χ2v) is 6.79. The molecule has 2 amide bonds. The van der Waals surface area contributed by atoms with E-state index in [0.29, 0.717) is 64.2 Å². The van der Waals surface area contributed by atoms with Gasteiger partial charge in [-0.15, -0.1) is 0 Å². The Labute approximate surface area is 147 Å². The zero-order valence-electron chi connectivity index (χ0n) is 15.9. The molecule has 0 rings (SSSR count). The molecule has 6 heteroatoms. The van der Waals surface area contributed by atoms with E-state index in [1.807, 2.05) is 0 Å². The Morgan fingerprint density at radius 3 is 1.42 bits per heavy atom. The van der Waals surface area contributed by atoms with Gasteiger partial charge in [0, 0.05) is 25.9 Å². The van der Waals surface area contributed by atoms with Crippen LogP contribution in [0.5, 0.6) is 0 Å². The monoisotopic (exact) mass is 344 g/mol. The maximum Gasteiger partial charge on any atom is 0.220 e. The van der Waals surface area contributed by atoms with Crippen LogP contribution in [0.1, 0.15) is 53.4 Å². The van der Waals surface area contributed by atoms with Gasteiger partial charge in [-0.2, -0.15) is 0 Å². The molecule has 142 valence electrons. The first-order valence-electron chi connectivity index (χ1n) is 9.10. The summed E-state index contributed by atoms with van der Waals surface area (Å²) in [4.78, 5) is 22.9. The van der Waals surface area contributed by atoms with Crippen LogP contribution in [0.25, 0.3) is 0 Å². The van der Waals surface area contributed by atoms with Crippen LogP contribution in [-0.2, 0) is 19.1 Å². The summed E-state index contributed by atoms with van der Waals surface area (Å²) in [5.41, 5.74) is 0. The molecule has 6 nitrogen and oxygen atoms in total. The molecule has 0 spiro atoms. The standard InChI is InChI=1S/C18H36N2O4/c1-15(2)5-7-17(21)19-9-11-23-13-14-24-12-10-20-18(22)8-6-16(3)4/h15-16H,5-14H2,1-4H3,(H,19,21)(H,20,22). The molecule has 0 aliphatic carbocycles. The number of carbonyl (C=O) groups is 2. The zero-order chi connectivity index (χ0) is 18.2. The lowest BCUT2D eigenvalue weighted by atomic mass is 10.1. The summed E-state index contributed by atoms with van der Waals surface area (Å²) in [6.45, 7) is 11.4. The zero-order valence-corrected chi connectivity index (χ0v) is 15.9. The molecule has 0 fully saturated rings. The molecule has 0 radical (unpaired) electrons. The minimum absolute atomic E-state index is 0.0803. The molecule has 2 N–H and O–H groups in total. The fraction of sp³-hybridized carbons (Fsp3) is 0.889. The van der Waals surface area contributed by atoms with E-state index in [1.54, 1.807) is 0 Å². The van der Waals surface area contributed by atoms with E-state index in [0.717, 1.165) is 12.8 Å². The Bertz CT molecular complexity index is 301. The summed E-state index contributed by atoms with van der Waals surface area (Å²) in [5, 5.41) is 5.66. The van der Waals surface area contributed by atoms with E-state index in [2.05, 4.69) is 38.3 Å². The first kappa shape index (κ1) is 22.9. The van der Waals surface area contributed by atoms with Crippen LogP contribution >= 0.6 is 0 Å². The third kappa shape index (κ3) is 17.2. The normalized spacial score (nSPS) is 11.1. The van der Waals surface area contributed by atoms with Gasteiger partial charge >= 0.3 is 0 Å². The van der Waals surface area contributed by atoms with Gasteiger partial charge in [-0.3, -0.25) is 9.59 Å². The van der Waals surface area contributed by atoms with Crippen LogP contribution in [0.15, 0.2) is 0 Å². The van der Waals surface area contributed by atoms with Gasteiger partial charge in [0.15, 0.2) is 0 Å². The van der Waals surface area contributed by atoms with Crippen molar-refractivity contribution in [1.29, 1.82) is 0 Å². The van der Waals surface area contributed by atoms with Crippen LogP contribution in [0.4, 0.5) is 0 Å². The first-order valence-corrected chi connectivity index (χ1v) is 9.10. The van der Waals surface area contributed by atoms with Crippen LogP contribution in [0.2, 0.25) is 0 Å². The predicted molar refractivity (Wildman–Crippen MR) is 95.8 cm³/mol. The van der Waals surface area contributed by atoms with E-state index in [1.165, 1.54) is 0 Å².